The number of carbonyl (C=O) groups excluding carboxylic acids is 1. The number of likely N-dealkylation sites (tertiary alicyclic amines) is 1. The number of nitrogens with one attached hydrogen (secondary N) is 2. The van der Waals surface area contributed by atoms with Gasteiger partial charge in [-0.25, -0.2) is 15.0 Å². The summed E-state index contributed by atoms with van der Waals surface area (Å²) in [6, 6.07) is 8.17. The van der Waals surface area contributed by atoms with Crippen LogP contribution in [0.15, 0.2) is 42.3 Å². The summed E-state index contributed by atoms with van der Waals surface area (Å²) in [4.78, 5) is 27.8. The van der Waals surface area contributed by atoms with Crippen molar-refractivity contribution in [2.24, 2.45) is 0 Å². The second kappa shape index (κ2) is 11.5. The average molecular weight is 465 g/mol. The third-order valence-electron chi connectivity index (χ3n) is 5.65. The van der Waals surface area contributed by atoms with Gasteiger partial charge in [-0.3, -0.25) is 9.69 Å². The summed E-state index contributed by atoms with van der Waals surface area (Å²) in [5, 5.41) is 17.5. The van der Waals surface area contributed by atoms with Gasteiger partial charge in [0.1, 0.15) is 11.5 Å². The summed E-state index contributed by atoms with van der Waals surface area (Å²) in [6.45, 7) is 3.79. The number of nitrogens with zero attached hydrogens (tertiary/aromatic N) is 6. The maximum Gasteiger partial charge on any atom is 0.270 e. The quantitative estimate of drug-likeness (QED) is 0.349. The smallest absolute Gasteiger partial charge is 0.270 e. The largest absolute Gasteiger partial charge is 0.351 e. The summed E-state index contributed by atoms with van der Waals surface area (Å²) < 4.78 is 2.03. The zero-order chi connectivity index (χ0) is 22.9. The number of thiazole rings is 1. The number of aryl methyl sites for hydroxylation is 1. The number of piperidine rings is 1. The van der Waals surface area contributed by atoms with E-state index in [4.69, 9.17) is 10.2 Å². The van der Waals surface area contributed by atoms with E-state index < -0.39 is 0 Å². The highest BCUT2D eigenvalue weighted by Gasteiger charge is 2.22. The van der Waals surface area contributed by atoms with Crippen LogP contribution >= 0.6 is 11.3 Å². The minimum atomic E-state index is -0.163. The van der Waals surface area contributed by atoms with Crippen molar-refractivity contribution in [1.29, 1.82) is 5.26 Å². The SMILES string of the molecule is N#CCN1CCC[C@H](c2cccc(Nc3nc(C(=O)NCCCCn4ccnc4)cs3)n2)C1. The molecule has 0 saturated carbocycles. The molecule has 4 rings (SSSR count). The molecule has 3 aromatic rings. The lowest BCUT2D eigenvalue weighted by Crippen LogP contribution is -2.34. The Balaban J connectivity index is 1.26. The first-order valence-corrected chi connectivity index (χ1v) is 12.1. The van der Waals surface area contributed by atoms with E-state index in [1.807, 2.05) is 29.0 Å². The number of imidazole rings is 1. The maximum atomic E-state index is 12.4. The molecular weight excluding hydrogens is 436 g/mol. The molecule has 1 saturated heterocycles. The molecule has 0 unspecified atom stereocenters. The summed E-state index contributed by atoms with van der Waals surface area (Å²) in [7, 11) is 0. The molecule has 0 aromatic carbocycles. The van der Waals surface area contributed by atoms with Gasteiger partial charge in [-0.15, -0.1) is 11.3 Å². The van der Waals surface area contributed by atoms with Gasteiger partial charge >= 0.3 is 0 Å². The van der Waals surface area contributed by atoms with E-state index in [1.165, 1.54) is 11.3 Å². The van der Waals surface area contributed by atoms with E-state index in [0.717, 1.165) is 51.0 Å². The number of rotatable bonds is 10. The topological polar surface area (TPSA) is 112 Å². The van der Waals surface area contributed by atoms with Crippen LogP contribution in [0.5, 0.6) is 0 Å². The molecule has 172 valence electrons. The molecule has 1 amide bonds. The first kappa shape index (κ1) is 22.9. The second-order valence-electron chi connectivity index (χ2n) is 8.11. The minimum Gasteiger partial charge on any atom is -0.351 e. The van der Waals surface area contributed by atoms with E-state index in [0.29, 0.717) is 35.7 Å². The number of anilines is 2. The Morgan fingerprint density at radius 2 is 2.24 bits per heavy atom. The van der Waals surface area contributed by atoms with Gasteiger partial charge in [0.05, 0.1) is 18.9 Å². The summed E-state index contributed by atoms with van der Waals surface area (Å²) >= 11 is 1.39. The Hall–Kier alpha value is -3.29. The minimum absolute atomic E-state index is 0.163. The van der Waals surface area contributed by atoms with Gasteiger partial charge in [0.15, 0.2) is 5.13 Å². The lowest BCUT2D eigenvalue weighted by molar-refractivity contribution is 0.0948. The number of nitriles is 1. The highest BCUT2D eigenvalue weighted by atomic mass is 32.1. The van der Waals surface area contributed by atoms with E-state index in [-0.39, 0.29) is 5.91 Å². The van der Waals surface area contributed by atoms with Crippen LogP contribution in [0.1, 0.15) is 47.8 Å². The van der Waals surface area contributed by atoms with Crippen molar-refractivity contribution in [3.63, 3.8) is 0 Å². The first-order chi connectivity index (χ1) is 16.2. The number of unbranched alkanes of at least 4 members (excludes halogenated alkanes) is 1. The van der Waals surface area contributed by atoms with Gasteiger partial charge in [-0.2, -0.15) is 5.26 Å². The highest BCUT2D eigenvalue weighted by molar-refractivity contribution is 7.14. The normalized spacial score (nSPS) is 16.3. The van der Waals surface area contributed by atoms with Crippen molar-refractivity contribution >= 4 is 28.2 Å². The zero-order valence-corrected chi connectivity index (χ0v) is 19.3. The Morgan fingerprint density at radius 1 is 1.30 bits per heavy atom. The van der Waals surface area contributed by atoms with Gasteiger partial charge < -0.3 is 15.2 Å². The number of hydrogen-bond donors (Lipinski definition) is 2. The predicted octanol–water partition coefficient (Wildman–Crippen LogP) is 3.39. The summed E-state index contributed by atoms with van der Waals surface area (Å²) in [5.41, 5.74) is 1.43. The summed E-state index contributed by atoms with van der Waals surface area (Å²) in [5.74, 6) is 0.870. The van der Waals surface area contributed by atoms with Crippen molar-refractivity contribution in [1.82, 2.24) is 29.7 Å². The number of aromatic nitrogens is 4. The van der Waals surface area contributed by atoms with Gasteiger partial charge in [-0.1, -0.05) is 6.07 Å². The molecule has 1 aliphatic heterocycles. The molecule has 0 radical (unpaired) electrons. The van der Waals surface area contributed by atoms with Crippen molar-refractivity contribution in [3.05, 3.63) is 53.7 Å². The molecular formula is C23H28N8OS. The number of pyridine rings is 1. The van der Waals surface area contributed by atoms with Crippen molar-refractivity contribution in [2.45, 2.75) is 38.1 Å². The molecule has 10 heteroatoms. The highest BCUT2D eigenvalue weighted by Crippen LogP contribution is 2.27. The Kier molecular flexibility index (Phi) is 8.00. The zero-order valence-electron chi connectivity index (χ0n) is 18.5. The van der Waals surface area contributed by atoms with Gasteiger partial charge in [0, 0.05) is 49.0 Å². The van der Waals surface area contributed by atoms with E-state index in [2.05, 4.69) is 31.6 Å². The second-order valence-corrected chi connectivity index (χ2v) is 8.96. The van der Waals surface area contributed by atoms with Gasteiger partial charge in [0.2, 0.25) is 0 Å². The third-order valence-corrected chi connectivity index (χ3v) is 6.41. The van der Waals surface area contributed by atoms with Crippen LogP contribution < -0.4 is 10.6 Å². The number of carbonyl (C=O) groups is 1. The third kappa shape index (κ3) is 6.60. The Morgan fingerprint density at radius 3 is 3.09 bits per heavy atom. The first-order valence-electron chi connectivity index (χ1n) is 11.2. The monoisotopic (exact) mass is 464 g/mol. The van der Waals surface area contributed by atoms with Crippen molar-refractivity contribution in [2.75, 3.05) is 31.5 Å². The molecule has 0 aliphatic carbocycles. The number of amides is 1. The molecule has 9 nitrogen and oxygen atoms in total. The predicted molar refractivity (Wildman–Crippen MR) is 127 cm³/mol. The molecule has 1 aliphatic rings. The van der Waals surface area contributed by atoms with E-state index in [9.17, 15) is 4.79 Å². The van der Waals surface area contributed by atoms with Gasteiger partial charge in [-0.05, 0) is 44.4 Å². The maximum absolute atomic E-state index is 12.4. The number of hydrogen-bond acceptors (Lipinski definition) is 8. The van der Waals surface area contributed by atoms with Crippen LogP contribution in [0.4, 0.5) is 10.9 Å². The van der Waals surface area contributed by atoms with Crippen LogP contribution in [0.2, 0.25) is 0 Å². The fraction of sp³-hybridized carbons (Fsp3) is 0.435. The average Bonchev–Trinajstić information content (AvgIpc) is 3.52. The van der Waals surface area contributed by atoms with Crippen LogP contribution in [0.25, 0.3) is 0 Å². The van der Waals surface area contributed by atoms with E-state index in [1.54, 1.807) is 17.9 Å². The lowest BCUT2D eigenvalue weighted by atomic mass is 9.94. The van der Waals surface area contributed by atoms with Crippen molar-refractivity contribution < 1.29 is 4.79 Å². The fourth-order valence-electron chi connectivity index (χ4n) is 3.96. The molecule has 3 aromatic heterocycles. The molecule has 1 fully saturated rings. The molecule has 0 spiro atoms. The fourth-order valence-corrected chi connectivity index (χ4v) is 4.66. The molecule has 2 N–H and O–H groups in total. The van der Waals surface area contributed by atoms with Crippen LogP contribution in [0, 0.1) is 11.3 Å². The van der Waals surface area contributed by atoms with Crippen LogP contribution in [-0.2, 0) is 6.54 Å². The Bertz CT molecular complexity index is 1070. The van der Waals surface area contributed by atoms with Crippen molar-refractivity contribution in [3.8, 4) is 6.07 Å². The lowest BCUT2D eigenvalue weighted by Gasteiger charge is -2.30. The van der Waals surface area contributed by atoms with Crippen LogP contribution in [-0.4, -0.2) is 56.5 Å². The van der Waals surface area contributed by atoms with Crippen LogP contribution in [0.3, 0.4) is 0 Å². The molecule has 4 heterocycles. The Labute approximate surface area is 197 Å². The standard InChI is InChI=1S/C23H28N8OS/c24-8-13-30-12-4-5-18(15-30)19-6-3-7-21(27-19)29-23-28-20(16-33-23)22(32)26-9-1-2-11-31-14-10-25-17-31/h3,6-7,10,14,16-18H,1-2,4-5,9,11-13,15H2,(H,26,32)(H,27,28,29)/t18-/m0/s1. The van der Waals surface area contributed by atoms with E-state index >= 15 is 0 Å². The molecule has 0 bridgehead atoms. The van der Waals surface area contributed by atoms with Gasteiger partial charge in [0.25, 0.3) is 5.91 Å². The molecule has 1 atom stereocenters. The molecule has 33 heavy (non-hydrogen) atoms. The summed E-state index contributed by atoms with van der Waals surface area (Å²) in [6.07, 6.45) is 9.50.